The van der Waals surface area contributed by atoms with Gasteiger partial charge < -0.3 is 10.6 Å². The Hall–Kier alpha value is -1.42. The van der Waals surface area contributed by atoms with Crippen LogP contribution in [-0.2, 0) is 0 Å². The van der Waals surface area contributed by atoms with Crippen LogP contribution in [0, 0.1) is 5.82 Å². The zero-order valence-electron chi connectivity index (χ0n) is 10.4. The molecule has 0 radical (unpaired) electrons. The molecule has 18 heavy (non-hydrogen) atoms. The average molecular weight is 250 g/mol. The Labute approximate surface area is 107 Å². The van der Waals surface area contributed by atoms with E-state index in [1.54, 1.807) is 12.1 Å². The van der Waals surface area contributed by atoms with E-state index in [0.717, 1.165) is 13.0 Å². The molecule has 1 atom stereocenters. The van der Waals surface area contributed by atoms with Crippen molar-refractivity contribution < 1.29 is 9.18 Å². The normalized spacial score (nSPS) is 19.5. The van der Waals surface area contributed by atoms with E-state index >= 15 is 0 Å². The summed E-state index contributed by atoms with van der Waals surface area (Å²) >= 11 is 0. The standard InChI is InChI=1S/C14H19FN2O/c15-12-5-3-4-11(10-12)14(18)17-9-7-13-6-1-2-8-16-13/h3-5,10,13,16H,1-2,6-9H2,(H,17,18). The molecule has 1 fully saturated rings. The third kappa shape index (κ3) is 3.81. The van der Waals surface area contributed by atoms with E-state index in [2.05, 4.69) is 10.6 Å². The Bertz CT molecular complexity index is 403. The third-order valence-corrected chi connectivity index (χ3v) is 3.28. The molecule has 1 aromatic rings. The number of carbonyl (C=O) groups is 1. The highest BCUT2D eigenvalue weighted by Gasteiger charge is 2.12. The van der Waals surface area contributed by atoms with E-state index in [0.29, 0.717) is 18.2 Å². The minimum absolute atomic E-state index is 0.203. The highest BCUT2D eigenvalue weighted by atomic mass is 19.1. The van der Waals surface area contributed by atoms with Crippen molar-refractivity contribution in [3.63, 3.8) is 0 Å². The first-order chi connectivity index (χ1) is 8.75. The van der Waals surface area contributed by atoms with Crippen molar-refractivity contribution in [2.45, 2.75) is 31.7 Å². The lowest BCUT2D eigenvalue weighted by molar-refractivity contribution is 0.0951. The molecule has 1 aliphatic heterocycles. The van der Waals surface area contributed by atoms with E-state index < -0.39 is 0 Å². The van der Waals surface area contributed by atoms with E-state index in [-0.39, 0.29) is 11.7 Å². The van der Waals surface area contributed by atoms with Gasteiger partial charge in [0, 0.05) is 18.2 Å². The number of hydrogen-bond donors (Lipinski definition) is 2. The van der Waals surface area contributed by atoms with Crippen LogP contribution in [0.1, 0.15) is 36.0 Å². The van der Waals surface area contributed by atoms with Gasteiger partial charge in [-0.3, -0.25) is 4.79 Å². The molecule has 0 aromatic heterocycles. The molecule has 2 N–H and O–H groups in total. The van der Waals surface area contributed by atoms with Gasteiger partial charge in [0.1, 0.15) is 5.82 Å². The molecule has 1 aliphatic rings. The number of nitrogens with one attached hydrogen (secondary N) is 2. The topological polar surface area (TPSA) is 41.1 Å². The second-order valence-electron chi connectivity index (χ2n) is 4.70. The van der Waals surface area contributed by atoms with Crippen LogP contribution in [0.25, 0.3) is 0 Å². The third-order valence-electron chi connectivity index (χ3n) is 3.28. The molecule has 1 saturated heterocycles. The molecule has 0 saturated carbocycles. The van der Waals surface area contributed by atoms with Crippen LogP contribution in [0.15, 0.2) is 24.3 Å². The fraction of sp³-hybridized carbons (Fsp3) is 0.500. The van der Waals surface area contributed by atoms with Gasteiger partial charge in [0.05, 0.1) is 0 Å². The molecule has 1 aromatic carbocycles. The lowest BCUT2D eigenvalue weighted by atomic mass is 10.0. The van der Waals surface area contributed by atoms with Gasteiger partial charge in [-0.25, -0.2) is 4.39 Å². The summed E-state index contributed by atoms with van der Waals surface area (Å²) in [6.45, 7) is 1.70. The molecule has 1 heterocycles. The number of carbonyl (C=O) groups excluding carboxylic acids is 1. The van der Waals surface area contributed by atoms with Gasteiger partial charge in [-0.05, 0) is 44.0 Å². The molecule has 0 aliphatic carbocycles. The minimum Gasteiger partial charge on any atom is -0.352 e. The van der Waals surface area contributed by atoms with Crippen LogP contribution in [0.3, 0.4) is 0 Å². The Morgan fingerprint density at radius 1 is 1.44 bits per heavy atom. The molecule has 2 rings (SSSR count). The number of amides is 1. The first-order valence-electron chi connectivity index (χ1n) is 6.53. The summed E-state index contributed by atoms with van der Waals surface area (Å²) in [6, 6.07) is 6.27. The molecule has 98 valence electrons. The van der Waals surface area contributed by atoms with Crippen molar-refractivity contribution in [3.05, 3.63) is 35.6 Å². The Balaban J connectivity index is 1.74. The van der Waals surface area contributed by atoms with Crippen LogP contribution in [0.2, 0.25) is 0 Å². The van der Waals surface area contributed by atoms with Gasteiger partial charge in [0.2, 0.25) is 0 Å². The molecular weight excluding hydrogens is 231 g/mol. The zero-order valence-corrected chi connectivity index (χ0v) is 10.4. The highest BCUT2D eigenvalue weighted by Crippen LogP contribution is 2.09. The maximum atomic E-state index is 13.0. The molecular formula is C14H19FN2O. The molecule has 1 amide bonds. The van der Waals surface area contributed by atoms with Gasteiger partial charge in [-0.15, -0.1) is 0 Å². The molecule has 0 bridgehead atoms. The fourth-order valence-corrected chi connectivity index (χ4v) is 2.26. The maximum Gasteiger partial charge on any atom is 0.251 e. The van der Waals surface area contributed by atoms with E-state index in [4.69, 9.17) is 0 Å². The Morgan fingerprint density at radius 2 is 2.33 bits per heavy atom. The first kappa shape index (κ1) is 13.0. The van der Waals surface area contributed by atoms with Gasteiger partial charge in [0.25, 0.3) is 5.91 Å². The summed E-state index contributed by atoms with van der Waals surface area (Å²) < 4.78 is 13.0. The highest BCUT2D eigenvalue weighted by molar-refractivity contribution is 5.94. The van der Waals surface area contributed by atoms with Crippen LogP contribution >= 0.6 is 0 Å². The van der Waals surface area contributed by atoms with E-state index in [1.165, 1.54) is 31.4 Å². The summed E-state index contributed by atoms with van der Waals surface area (Å²) in [5.74, 6) is -0.582. The van der Waals surface area contributed by atoms with Gasteiger partial charge in [-0.1, -0.05) is 12.5 Å². The molecule has 4 heteroatoms. The van der Waals surface area contributed by atoms with Crippen LogP contribution in [0.5, 0.6) is 0 Å². The van der Waals surface area contributed by atoms with Gasteiger partial charge >= 0.3 is 0 Å². The van der Waals surface area contributed by atoms with Crippen LogP contribution < -0.4 is 10.6 Å². The largest absolute Gasteiger partial charge is 0.352 e. The zero-order chi connectivity index (χ0) is 12.8. The molecule has 1 unspecified atom stereocenters. The summed E-state index contributed by atoms with van der Waals surface area (Å²) in [5.41, 5.74) is 0.381. The van der Waals surface area contributed by atoms with Gasteiger partial charge in [-0.2, -0.15) is 0 Å². The average Bonchev–Trinajstić information content (AvgIpc) is 2.40. The monoisotopic (exact) mass is 250 g/mol. The fourth-order valence-electron chi connectivity index (χ4n) is 2.26. The van der Waals surface area contributed by atoms with Crippen molar-refractivity contribution in [1.29, 1.82) is 0 Å². The number of piperidine rings is 1. The van der Waals surface area contributed by atoms with Crippen molar-refractivity contribution in [2.75, 3.05) is 13.1 Å². The second kappa shape index (κ2) is 6.50. The number of benzene rings is 1. The van der Waals surface area contributed by atoms with Crippen molar-refractivity contribution >= 4 is 5.91 Å². The summed E-state index contributed by atoms with van der Waals surface area (Å²) in [7, 11) is 0. The van der Waals surface area contributed by atoms with Crippen LogP contribution in [0.4, 0.5) is 4.39 Å². The first-order valence-corrected chi connectivity index (χ1v) is 6.53. The summed E-state index contributed by atoms with van der Waals surface area (Å²) in [6.07, 6.45) is 4.61. The summed E-state index contributed by atoms with van der Waals surface area (Å²) in [5, 5.41) is 6.26. The molecule has 0 spiro atoms. The van der Waals surface area contributed by atoms with E-state index in [1.807, 2.05) is 0 Å². The van der Waals surface area contributed by atoms with Crippen LogP contribution in [-0.4, -0.2) is 25.0 Å². The predicted molar refractivity (Wildman–Crippen MR) is 69.0 cm³/mol. The Morgan fingerprint density at radius 3 is 3.06 bits per heavy atom. The van der Waals surface area contributed by atoms with E-state index in [9.17, 15) is 9.18 Å². The SMILES string of the molecule is O=C(NCCC1CCCCN1)c1cccc(F)c1. The number of hydrogen-bond acceptors (Lipinski definition) is 2. The summed E-state index contributed by atoms with van der Waals surface area (Å²) in [4.78, 5) is 11.7. The van der Waals surface area contributed by atoms with Crippen molar-refractivity contribution in [3.8, 4) is 0 Å². The predicted octanol–water partition coefficient (Wildman–Crippen LogP) is 2.09. The Kier molecular flexibility index (Phi) is 4.70. The lowest BCUT2D eigenvalue weighted by Crippen LogP contribution is -2.37. The van der Waals surface area contributed by atoms with Crippen molar-refractivity contribution in [1.82, 2.24) is 10.6 Å². The molecule has 3 nitrogen and oxygen atoms in total. The smallest absolute Gasteiger partial charge is 0.251 e. The number of rotatable bonds is 4. The number of halogens is 1. The van der Waals surface area contributed by atoms with Gasteiger partial charge in [0.15, 0.2) is 0 Å². The van der Waals surface area contributed by atoms with Crippen molar-refractivity contribution in [2.24, 2.45) is 0 Å². The lowest BCUT2D eigenvalue weighted by Gasteiger charge is -2.23. The second-order valence-corrected chi connectivity index (χ2v) is 4.70. The minimum atomic E-state index is -0.378. The quantitative estimate of drug-likeness (QED) is 0.859. The maximum absolute atomic E-state index is 13.0.